The Bertz CT molecular complexity index is 548. The Labute approximate surface area is 169 Å². The highest BCUT2D eigenvalue weighted by atomic mass is 127. The monoisotopic (exact) mass is 483 g/mol. The van der Waals surface area contributed by atoms with E-state index >= 15 is 0 Å². The summed E-state index contributed by atoms with van der Waals surface area (Å²) in [6, 6.07) is 4.67. The fourth-order valence-electron chi connectivity index (χ4n) is 2.99. The number of halogens is 1. The molecular formula is C17H30IN3OS2. The SMILES string of the molecule is CCNC(=NCc1ccc(C)s1)NC1CCCC(S(=O)CC)C1.I. The van der Waals surface area contributed by atoms with Gasteiger partial charge in [0.15, 0.2) is 5.96 Å². The summed E-state index contributed by atoms with van der Waals surface area (Å²) in [7, 11) is -0.682. The van der Waals surface area contributed by atoms with E-state index in [0.717, 1.165) is 43.9 Å². The molecule has 1 aliphatic rings. The second-order valence-electron chi connectivity index (χ2n) is 6.01. The van der Waals surface area contributed by atoms with E-state index in [9.17, 15) is 4.21 Å². The van der Waals surface area contributed by atoms with Gasteiger partial charge in [0.2, 0.25) is 0 Å². The topological polar surface area (TPSA) is 53.5 Å². The van der Waals surface area contributed by atoms with Gasteiger partial charge in [0.1, 0.15) is 0 Å². The van der Waals surface area contributed by atoms with Crippen LogP contribution < -0.4 is 10.6 Å². The molecular weight excluding hydrogens is 453 g/mol. The molecule has 0 bridgehead atoms. The third-order valence-electron chi connectivity index (χ3n) is 4.16. The molecule has 1 aliphatic carbocycles. The van der Waals surface area contributed by atoms with Crippen LogP contribution in [0.2, 0.25) is 0 Å². The lowest BCUT2D eigenvalue weighted by Crippen LogP contribution is -2.46. The van der Waals surface area contributed by atoms with Crippen molar-refractivity contribution < 1.29 is 4.21 Å². The Morgan fingerprint density at radius 1 is 1.38 bits per heavy atom. The normalized spacial score (nSPS) is 22.5. The lowest BCUT2D eigenvalue weighted by Gasteiger charge is -2.30. The highest BCUT2D eigenvalue weighted by Gasteiger charge is 2.25. The summed E-state index contributed by atoms with van der Waals surface area (Å²) in [6.07, 6.45) is 4.38. The zero-order chi connectivity index (χ0) is 16.7. The predicted octanol–water partition coefficient (Wildman–Crippen LogP) is 3.81. The molecule has 0 amide bonds. The van der Waals surface area contributed by atoms with Gasteiger partial charge < -0.3 is 10.6 Å². The van der Waals surface area contributed by atoms with Gasteiger partial charge in [-0.2, -0.15) is 0 Å². The molecule has 1 heterocycles. The third kappa shape index (κ3) is 7.00. The zero-order valence-corrected chi connectivity index (χ0v) is 18.8. The smallest absolute Gasteiger partial charge is 0.191 e. The maximum atomic E-state index is 12.1. The van der Waals surface area contributed by atoms with Crippen molar-refractivity contribution in [2.45, 2.75) is 64.3 Å². The molecule has 3 unspecified atom stereocenters. The van der Waals surface area contributed by atoms with Crippen LogP contribution in [0.15, 0.2) is 17.1 Å². The number of thiophene rings is 1. The number of nitrogens with zero attached hydrogens (tertiary/aromatic N) is 1. The van der Waals surface area contributed by atoms with E-state index in [1.54, 1.807) is 11.3 Å². The van der Waals surface area contributed by atoms with Crippen LogP contribution in [0.25, 0.3) is 0 Å². The van der Waals surface area contributed by atoms with Crippen molar-refractivity contribution in [2.24, 2.45) is 4.99 Å². The number of nitrogens with one attached hydrogen (secondary N) is 2. The first-order chi connectivity index (χ1) is 11.1. The Kier molecular flexibility index (Phi) is 10.5. The third-order valence-corrected chi connectivity index (χ3v) is 6.88. The summed E-state index contributed by atoms with van der Waals surface area (Å²) in [6.45, 7) is 7.79. The molecule has 7 heteroatoms. The number of aryl methyl sites for hydroxylation is 1. The molecule has 0 spiro atoms. The molecule has 2 rings (SSSR count). The van der Waals surface area contributed by atoms with Gasteiger partial charge in [-0.15, -0.1) is 35.3 Å². The molecule has 1 aromatic heterocycles. The summed E-state index contributed by atoms with van der Waals surface area (Å²) in [5.74, 6) is 1.65. The van der Waals surface area contributed by atoms with Gasteiger partial charge in [-0.3, -0.25) is 4.21 Å². The first-order valence-corrected chi connectivity index (χ1v) is 10.8. The number of rotatable bonds is 6. The first kappa shape index (κ1) is 21.9. The molecule has 1 aromatic rings. The van der Waals surface area contributed by atoms with Crippen LogP contribution in [0.4, 0.5) is 0 Å². The summed E-state index contributed by atoms with van der Waals surface area (Å²) >= 11 is 1.80. The average molecular weight is 483 g/mol. The van der Waals surface area contributed by atoms with Gasteiger partial charge in [-0.25, -0.2) is 4.99 Å². The quantitative estimate of drug-likeness (QED) is 0.368. The lowest BCUT2D eigenvalue weighted by molar-refractivity contribution is 0.413. The Morgan fingerprint density at radius 2 is 2.17 bits per heavy atom. The summed E-state index contributed by atoms with van der Waals surface area (Å²) in [5, 5.41) is 7.23. The molecule has 1 saturated carbocycles. The molecule has 2 N–H and O–H groups in total. The Balaban J connectivity index is 0.00000288. The van der Waals surface area contributed by atoms with E-state index in [2.05, 4.69) is 36.6 Å². The molecule has 0 radical (unpaired) electrons. The number of guanidine groups is 1. The number of hydrogen-bond acceptors (Lipinski definition) is 3. The van der Waals surface area contributed by atoms with E-state index in [1.165, 1.54) is 9.75 Å². The van der Waals surface area contributed by atoms with Crippen molar-refractivity contribution in [2.75, 3.05) is 12.3 Å². The van der Waals surface area contributed by atoms with Crippen LogP contribution >= 0.6 is 35.3 Å². The standard InChI is InChI=1S/C17H29N3OS2.HI/c1-4-18-17(19-12-15-10-9-13(3)22-15)20-14-7-6-8-16(11-14)23(21)5-2;/h9-10,14,16H,4-8,11-12H2,1-3H3,(H2,18,19,20);1H. The van der Waals surface area contributed by atoms with Crippen LogP contribution in [0.1, 0.15) is 49.3 Å². The molecule has 24 heavy (non-hydrogen) atoms. The summed E-state index contributed by atoms with van der Waals surface area (Å²) < 4.78 is 12.1. The number of aliphatic imine (C=N–C) groups is 1. The fourth-order valence-corrected chi connectivity index (χ4v) is 5.15. The van der Waals surface area contributed by atoms with E-state index in [4.69, 9.17) is 4.99 Å². The minimum absolute atomic E-state index is 0. The second-order valence-corrected chi connectivity index (χ2v) is 9.38. The molecule has 3 atom stereocenters. The van der Waals surface area contributed by atoms with Crippen molar-refractivity contribution in [1.82, 2.24) is 10.6 Å². The van der Waals surface area contributed by atoms with Crippen LogP contribution in [-0.4, -0.2) is 33.8 Å². The highest BCUT2D eigenvalue weighted by molar-refractivity contribution is 14.0. The van der Waals surface area contributed by atoms with Crippen molar-refractivity contribution in [1.29, 1.82) is 0 Å². The maximum absolute atomic E-state index is 12.1. The molecule has 0 aromatic carbocycles. The largest absolute Gasteiger partial charge is 0.357 e. The molecule has 4 nitrogen and oxygen atoms in total. The van der Waals surface area contributed by atoms with Crippen molar-refractivity contribution >= 4 is 52.1 Å². The number of hydrogen-bond donors (Lipinski definition) is 2. The first-order valence-electron chi connectivity index (χ1n) is 8.59. The van der Waals surface area contributed by atoms with Crippen LogP contribution in [0.5, 0.6) is 0 Å². The second kappa shape index (κ2) is 11.5. The maximum Gasteiger partial charge on any atom is 0.191 e. The molecule has 0 saturated heterocycles. The van der Waals surface area contributed by atoms with E-state index < -0.39 is 10.8 Å². The van der Waals surface area contributed by atoms with Crippen molar-refractivity contribution in [3.8, 4) is 0 Å². The highest BCUT2D eigenvalue weighted by Crippen LogP contribution is 2.23. The van der Waals surface area contributed by atoms with E-state index in [0.29, 0.717) is 17.8 Å². The summed E-state index contributed by atoms with van der Waals surface area (Å²) in [4.78, 5) is 7.32. The van der Waals surface area contributed by atoms with Crippen LogP contribution in [0.3, 0.4) is 0 Å². The average Bonchev–Trinajstić information content (AvgIpc) is 2.98. The van der Waals surface area contributed by atoms with E-state index in [1.807, 2.05) is 6.92 Å². The molecule has 138 valence electrons. The van der Waals surface area contributed by atoms with Crippen LogP contribution in [0, 0.1) is 6.92 Å². The van der Waals surface area contributed by atoms with Gasteiger partial charge >= 0.3 is 0 Å². The van der Waals surface area contributed by atoms with Crippen LogP contribution in [-0.2, 0) is 17.3 Å². The van der Waals surface area contributed by atoms with Gasteiger partial charge in [0.05, 0.1) is 6.54 Å². The minimum atomic E-state index is -0.682. The van der Waals surface area contributed by atoms with Crippen molar-refractivity contribution in [3.63, 3.8) is 0 Å². The molecule has 0 aliphatic heterocycles. The van der Waals surface area contributed by atoms with Gasteiger partial charge in [-0.05, 0) is 45.2 Å². The van der Waals surface area contributed by atoms with Gasteiger partial charge in [-0.1, -0.05) is 13.3 Å². The van der Waals surface area contributed by atoms with Crippen molar-refractivity contribution in [3.05, 3.63) is 21.9 Å². The van der Waals surface area contributed by atoms with Gasteiger partial charge in [0, 0.05) is 44.1 Å². The predicted molar refractivity (Wildman–Crippen MR) is 117 cm³/mol. The Morgan fingerprint density at radius 3 is 2.79 bits per heavy atom. The Hall–Kier alpha value is -0.150. The zero-order valence-electron chi connectivity index (χ0n) is 14.8. The van der Waals surface area contributed by atoms with Gasteiger partial charge in [0.25, 0.3) is 0 Å². The lowest BCUT2D eigenvalue weighted by atomic mass is 9.95. The van der Waals surface area contributed by atoms with E-state index in [-0.39, 0.29) is 24.0 Å². The molecule has 1 fully saturated rings. The summed E-state index contributed by atoms with van der Waals surface area (Å²) in [5.41, 5.74) is 0. The fraction of sp³-hybridized carbons (Fsp3) is 0.706. The minimum Gasteiger partial charge on any atom is -0.357 e.